The van der Waals surface area contributed by atoms with E-state index in [1.807, 2.05) is 36.1 Å². The van der Waals surface area contributed by atoms with Gasteiger partial charge in [-0.1, -0.05) is 17.7 Å². The van der Waals surface area contributed by atoms with Crippen molar-refractivity contribution in [1.82, 2.24) is 0 Å². The van der Waals surface area contributed by atoms with E-state index < -0.39 is 11.6 Å². The number of aliphatic imine (C=N–C) groups is 1. The van der Waals surface area contributed by atoms with Crippen molar-refractivity contribution in [1.29, 1.82) is 0 Å². The van der Waals surface area contributed by atoms with Crippen LogP contribution in [0.3, 0.4) is 0 Å². The molecule has 1 aliphatic rings. The molecule has 0 spiro atoms. The van der Waals surface area contributed by atoms with E-state index in [-0.39, 0.29) is 0 Å². The fourth-order valence-corrected chi connectivity index (χ4v) is 2.95. The SMILES string of the molecule is Cc1ccc(NC(N)=NCC2CCN(c3ccc(F)c(F)c3)C2)cc1. The van der Waals surface area contributed by atoms with Crippen LogP contribution in [0.25, 0.3) is 0 Å². The van der Waals surface area contributed by atoms with Crippen LogP contribution in [0.15, 0.2) is 47.5 Å². The van der Waals surface area contributed by atoms with E-state index in [1.165, 1.54) is 17.7 Å². The van der Waals surface area contributed by atoms with Gasteiger partial charge in [-0.2, -0.15) is 0 Å². The average Bonchev–Trinajstić information content (AvgIpc) is 3.07. The number of halogens is 2. The molecule has 0 aromatic heterocycles. The van der Waals surface area contributed by atoms with E-state index in [9.17, 15) is 8.78 Å². The standard InChI is InChI=1S/C19H22F2N4/c1-13-2-4-15(5-3-13)24-19(22)23-11-14-8-9-25(12-14)16-6-7-17(20)18(21)10-16/h2-7,10,14H,8-9,11-12H2,1H3,(H3,22,23,24). The Morgan fingerprint density at radius 3 is 2.68 bits per heavy atom. The van der Waals surface area contributed by atoms with E-state index in [0.717, 1.165) is 25.2 Å². The molecule has 0 amide bonds. The predicted octanol–water partition coefficient (Wildman–Crippen LogP) is 3.53. The number of guanidine groups is 1. The second-order valence-electron chi connectivity index (χ2n) is 6.42. The molecule has 1 aliphatic heterocycles. The van der Waals surface area contributed by atoms with Gasteiger partial charge in [-0.15, -0.1) is 0 Å². The first kappa shape index (κ1) is 17.2. The van der Waals surface area contributed by atoms with E-state index in [2.05, 4.69) is 10.3 Å². The number of anilines is 2. The van der Waals surface area contributed by atoms with Crippen molar-refractivity contribution in [2.45, 2.75) is 13.3 Å². The Hall–Kier alpha value is -2.63. The van der Waals surface area contributed by atoms with Crippen molar-refractivity contribution in [3.05, 3.63) is 59.7 Å². The molecule has 1 saturated heterocycles. The summed E-state index contributed by atoms with van der Waals surface area (Å²) >= 11 is 0. The van der Waals surface area contributed by atoms with Gasteiger partial charge in [0, 0.05) is 37.1 Å². The van der Waals surface area contributed by atoms with Gasteiger partial charge >= 0.3 is 0 Å². The minimum Gasteiger partial charge on any atom is -0.371 e. The molecule has 25 heavy (non-hydrogen) atoms. The minimum atomic E-state index is -0.820. The summed E-state index contributed by atoms with van der Waals surface area (Å²) in [6, 6.07) is 11.9. The molecular weight excluding hydrogens is 322 g/mol. The third-order valence-electron chi connectivity index (χ3n) is 4.40. The maximum Gasteiger partial charge on any atom is 0.193 e. The van der Waals surface area contributed by atoms with Crippen LogP contribution >= 0.6 is 0 Å². The first-order valence-electron chi connectivity index (χ1n) is 8.35. The number of nitrogens with one attached hydrogen (secondary N) is 1. The molecule has 0 saturated carbocycles. The highest BCUT2D eigenvalue weighted by Gasteiger charge is 2.23. The number of hydrogen-bond donors (Lipinski definition) is 2. The summed E-state index contributed by atoms with van der Waals surface area (Å²) in [5, 5.41) is 3.07. The molecule has 0 radical (unpaired) electrons. The number of rotatable bonds is 4. The quantitative estimate of drug-likeness (QED) is 0.659. The zero-order valence-corrected chi connectivity index (χ0v) is 14.2. The van der Waals surface area contributed by atoms with Crippen LogP contribution in [-0.2, 0) is 0 Å². The Morgan fingerprint density at radius 2 is 1.96 bits per heavy atom. The van der Waals surface area contributed by atoms with Crippen molar-refractivity contribution < 1.29 is 8.78 Å². The first-order chi connectivity index (χ1) is 12.0. The molecule has 0 aliphatic carbocycles. The molecule has 1 heterocycles. The zero-order valence-electron chi connectivity index (χ0n) is 14.2. The van der Waals surface area contributed by atoms with E-state index in [4.69, 9.17) is 5.73 Å². The molecule has 6 heteroatoms. The Bertz CT molecular complexity index is 759. The van der Waals surface area contributed by atoms with E-state index >= 15 is 0 Å². The van der Waals surface area contributed by atoms with Crippen LogP contribution in [0.2, 0.25) is 0 Å². The zero-order chi connectivity index (χ0) is 17.8. The highest BCUT2D eigenvalue weighted by Crippen LogP contribution is 2.25. The fraction of sp³-hybridized carbons (Fsp3) is 0.316. The van der Waals surface area contributed by atoms with Crippen LogP contribution < -0.4 is 16.0 Å². The smallest absolute Gasteiger partial charge is 0.193 e. The lowest BCUT2D eigenvalue weighted by Gasteiger charge is -2.18. The molecule has 1 atom stereocenters. The number of nitrogens with two attached hydrogens (primary N) is 1. The van der Waals surface area contributed by atoms with Crippen molar-refractivity contribution in [3.8, 4) is 0 Å². The lowest BCUT2D eigenvalue weighted by atomic mass is 10.1. The van der Waals surface area contributed by atoms with Crippen molar-refractivity contribution in [2.24, 2.45) is 16.6 Å². The Morgan fingerprint density at radius 1 is 1.20 bits per heavy atom. The van der Waals surface area contributed by atoms with Crippen LogP contribution in [0, 0.1) is 24.5 Å². The number of nitrogens with zero attached hydrogens (tertiary/aromatic N) is 2. The van der Waals surface area contributed by atoms with Crippen LogP contribution in [-0.4, -0.2) is 25.6 Å². The summed E-state index contributed by atoms with van der Waals surface area (Å²) in [5.41, 5.74) is 8.73. The second kappa shape index (κ2) is 7.51. The van der Waals surface area contributed by atoms with Gasteiger partial charge in [0.1, 0.15) is 0 Å². The highest BCUT2D eigenvalue weighted by molar-refractivity contribution is 5.92. The molecule has 1 fully saturated rings. The van der Waals surface area contributed by atoms with Crippen molar-refractivity contribution in [2.75, 3.05) is 29.9 Å². The number of hydrogen-bond acceptors (Lipinski definition) is 2. The molecule has 0 bridgehead atoms. The lowest BCUT2D eigenvalue weighted by molar-refractivity contribution is 0.508. The van der Waals surface area contributed by atoms with Gasteiger partial charge in [-0.3, -0.25) is 4.99 Å². The number of benzene rings is 2. The van der Waals surface area contributed by atoms with Gasteiger partial charge in [-0.05, 0) is 43.5 Å². The molecule has 132 valence electrons. The predicted molar refractivity (Wildman–Crippen MR) is 98.0 cm³/mol. The summed E-state index contributed by atoms with van der Waals surface area (Å²) in [7, 11) is 0. The van der Waals surface area contributed by atoms with E-state index in [0.29, 0.717) is 24.1 Å². The molecule has 4 nitrogen and oxygen atoms in total. The summed E-state index contributed by atoms with van der Waals surface area (Å²) in [5.74, 6) is -0.911. The van der Waals surface area contributed by atoms with Gasteiger partial charge in [0.05, 0.1) is 0 Å². The van der Waals surface area contributed by atoms with Crippen LogP contribution in [0.4, 0.5) is 20.2 Å². The Balaban J connectivity index is 1.53. The summed E-state index contributed by atoms with van der Waals surface area (Å²) < 4.78 is 26.4. The van der Waals surface area contributed by atoms with Gasteiger partial charge in [-0.25, -0.2) is 8.78 Å². The molecule has 2 aromatic rings. The Kier molecular flexibility index (Phi) is 5.16. The monoisotopic (exact) mass is 344 g/mol. The summed E-state index contributed by atoms with van der Waals surface area (Å²) in [6.45, 7) is 4.19. The molecule has 3 N–H and O–H groups in total. The topological polar surface area (TPSA) is 53.6 Å². The first-order valence-corrected chi connectivity index (χ1v) is 8.35. The van der Waals surface area contributed by atoms with Gasteiger partial charge in [0.15, 0.2) is 17.6 Å². The normalized spacial score (nSPS) is 17.8. The van der Waals surface area contributed by atoms with Gasteiger partial charge in [0.2, 0.25) is 0 Å². The van der Waals surface area contributed by atoms with Gasteiger partial charge < -0.3 is 16.0 Å². The number of aryl methyl sites for hydroxylation is 1. The average molecular weight is 344 g/mol. The maximum atomic E-state index is 13.4. The molecule has 2 aromatic carbocycles. The third-order valence-corrected chi connectivity index (χ3v) is 4.40. The van der Waals surface area contributed by atoms with Crippen LogP contribution in [0.1, 0.15) is 12.0 Å². The second-order valence-corrected chi connectivity index (χ2v) is 6.42. The van der Waals surface area contributed by atoms with Crippen LogP contribution in [0.5, 0.6) is 0 Å². The fourth-order valence-electron chi connectivity index (χ4n) is 2.95. The molecule has 1 unspecified atom stereocenters. The summed E-state index contributed by atoms with van der Waals surface area (Å²) in [6.07, 6.45) is 0.945. The lowest BCUT2D eigenvalue weighted by Crippen LogP contribution is -2.25. The largest absolute Gasteiger partial charge is 0.371 e. The molecular formula is C19H22F2N4. The maximum absolute atomic E-state index is 13.4. The summed E-state index contributed by atoms with van der Waals surface area (Å²) in [4.78, 5) is 6.45. The molecule has 3 rings (SSSR count). The highest BCUT2D eigenvalue weighted by atomic mass is 19.2. The van der Waals surface area contributed by atoms with Crippen molar-refractivity contribution in [3.63, 3.8) is 0 Å². The van der Waals surface area contributed by atoms with Gasteiger partial charge in [0.25, 0.3) is 0 Å². The van der Waals surface area contributed by atoms with E-state index in [1.54, 1.807) is 6.07 Å². The van der Waals surface area contributed by atoms with Crippen molar-refractivity contribution >= 4 is 17.3 Å². The Labute approximate surface area is 146 Å². The third kappa shape index (κ3) is 4.47. The minimum absolute atomic E-state index is 0.339.